The zero-order valence-corrected chi connectivity index (χ0v) is 18.9. The van der Waals surface area contributed by atoms with Crippen molar-refractivity contribution in [2.45, 2.75) is 32.3 Å². The number of fused-ring (bicyclic) bond motifs is 2. The van der Waals surface area contributed by atoms with Crippen molar-refractivity contribution in [3.8, 4) is 5.88 Å². The third-order valence-electron chi connectivity index (χ3n) is 4.36. The normalized spacial score (nSPS) is 30.9. The molecule has 2 aromatic rings. The standard InChI is InChI=1S/C14H20N6O5P.Y/c1-4-22-12-9-11(18-14(15)19-12)20(6-17-9)13-7(2)10-8(24-13)5-23-26(21,16-3)25-10;/h6,8,10,13H,4-5H2,1-3H3,(H,16,21)(H2,15,18,19);/q-1;/t8-,10+,13-,26?;/m1./s1. The minimum atomic E-state index is -3.32. The number of nitrogens with one attached hydrogen (secondary N) is 1. The average molecular weight is 472 g/mol. The Morgan fingerprint density at radius 1 is 1.52 bits per heavy atom. The molecule has 0 aliphatic carbocycles. The second kappa shape index (κ2) is 7.98. The summed E-state index contributed by atoms with van der Waals surface area (Å²) in [5.74, 6) is 1.24. The molecule has 1 radical (unpaired) electrons. The largest absolute Gasteiger partial charge is 0.476 e. The van der Waals surface area contributed by atoms with Crippen LogP contribution in [0.15, 0.2) is 6.33 Å². The van der Waals surface area contributed by atoms with Gasteiger partial charge in [-0.2, -0.15) is 16.9 Å². The van der Waals surface area contributed by atoms with Crippen LogP contribution in [0.1, 0.15) is 20.1 Å². The molecule has 0 spiro atoms. The number of hydrogen-bond donors (Lipinski definition) is 2. The zero-order valence-electron chi connectivity index (χ0n) is 15.2. The number of aromatic nitrogens is 4. The van der Waals surface area contributed by atoms with Crippen LogP contribution in [0.3, 0.4) is 0 Å². The Labute approximate surface area is 181 Å². The van der Waals surface area contributed by atoms with E-state index in [1.165, 1.54) is 7.05 Å². The first kappa shape index (κ1) is 21.0. The summed E-state index contributed by atoms with van der Waals surface area (Å²) in [7, 11) is -1.79. The number of ether oxygens (including phenoxy) is 2. The van der Waals surface area contributed by atoms with Crippen molar-refractivity contribution in [2.24, 2.45) is 0 Å². The first-order valence-electron chi connectivity index (χ1n) is 8.19. The van der Waals surface area contributed by atoms with Gasteiger partial charge < -0.3 is 24.3 Å². The van der Waals surface area contributed by atoms with Crippen molar-refractivity contribution >= 4 is 24.9 Å². The Balaban J connectivity index is 0.00000210. The van der Waals surface area contributed by atoms with Gasteiger partial charge in [0, 0.05) is 38.9 Å². The van der Waals surface area contributed by atoms with E-state index < -0.39 is 20.1 Å². The number of nitrogens with zero attached hydrogens (tertiary/aromatic N) is 4. The monoisotopic (exact) mass is 472 g/mol. The first-order chi connectivity index (χ1) is 12.5. The van der Waals surface area contributed by atoms with E-state index in [-0.39, 0.29) is 51.4 Å². The molecule has 1 unspecified atom stereocenters. The van der Waals surface area contributed by atoms with Crippen LogP contribution < -0.4 is 15.6 Å². The van der Waals surface area contributed by atoms with Gasteiger partial charge in [-0.05, 0) is 20.1 Å². The van der Waals surface area contributed by atoms with E-state index in [9.17, 15) is 4.57 Å². The predicted molar refractivity (Wildman–Crippen MR) is 91.2 cm³/mol. The van der Waals surface area contributed by atoms with Gasteiger partial charge in [0.25, 0.3) is 0 Å². The Morgan fingerprint density at radius 2 is 2.30 bits per heavy atom. The Hall–Kier alpha value is -0.676. The molecule has 13 heteroatoms. The fourth-order valence-electron chi connectivity index (χ4n) is 3.13. The van der Waals surface area contributed by atoms with Crippen molar-refractivity contribution in [3.63, 3.8) is 0 Å². The number of nitrogens with two attached hydrogens (primary N) is 1. The molecule has 3 N–H and O–H groups in total. The molecule has 2 aliphatic rings. The molecule has 2 fully saturated rings. The molecule has 4 atom stereocenters. The van der Waals surface area contributed by atoms with Crippen LogP contribution in [-0.2, 0) is 51.1 Å². The number of hydrogen-bond acceptors (Lipinski definition) is 9. The predicted octanol–water partition coefficient (Wildman–Crippen LogP) is 1.04. The van der Waals surface area contributed by atoms with Crippen LogP contribution in [0.4, 0.5) is 5.95 Å². The molecular formula is C14H20N6O5PY-. The molecule has 0 saturated carbocycles. The van der Waals surface area contributed by atoms with Crippen molar-refractivity contribution < 1.29 is 55.8 Å². The van der Waals surface area contributed by atoms with E-state index in [4.69, 9.17) is 24.3 Å². The molecule has 2 aliphatic heterocycles. The second-order valence-electron chi connectivity index (χ2n) is 5.96. The summed E-state index contributed by atoms with van der Waals surface area (Å²) in [4.78, 5) is 12.7. The first-order valence-corrected chi connectivity index (χ1v) is 9.73. The second-order valence-corrected chi connectivity index (χ2v) is 7.87. The number of rotatable bonds is 4. The van der Waals surface area contributed by atoms with Gasteiger partial charge in [0.1, 0.15) is 0 Å². The van der Waals surface area contributed by atoms with Gasteiger partial charge >= 0.3 is 7.75 Å². The van der Waals surface area contributed by atoms with Crippen LogP contribution in [0.25, 0.3) is 11.2 Å². The van der Waals surface area contributed by atoms with Gasteiger partial charge in [-0.15, -0.1) is 0 Å². The number of imidazole rings is 1. The van der Waals surface area contributed by atoms with Gasteiger partial charge in [0.2, 0.25) is 11.8 Å². The van der Waals surface area contributed by atoms with E-state index in [0.717, 1.165) is 5.92 Å². The average Bonchev–Trinajstić information content (AvgIpc) is 3.17. The van der Waals surface area contributed by atoms with Gasteiger partial charge in [-0.3, -0.25) is 4.52 Å². The van der Waals surface area contributed by atoms with Gasteiger partial charge in [-0.1, -0.05) is 0 Å². The molecule has 0 aromatic carbocycles. The van der Waals surface area contributed by atoms with E-state index in [1.54, 1.807) is 10.9 Å². The van der Waals surface area contributed by atoms with Crippen molar-refractivity contribution in [2.75, 3.05) is 26.0 Å². The zero-order chi connectivity index (χ0) is 18.5. The van der Waals surface area contributed by atoms with Crippen LogP contribution in [0.5, 0.6) is 5.88 Å². The van der Waals surface area contributed by atoms with E-state index in [1.807, 2.05) is 13.8 Å². The fraction of sp³-hybridized carbons (Fsp3) is 0.571. The SMILES string of the molecule is CCOc1nc(N)nc2c1ncn2[C@@H]1O[C@@H]2COP(=O)(NC)O[C@H]2[C-]1C.[Y]. The maximum Gasteiger partial charge on any atom is 0.403 e. The third kappa shape index (κ3) is 3.66. The summed E-state index contributed by atoms with van der Waals surface area (Å²) < 4.78 is 36.6. The minimum Gasteiger partial charge on any atom is -0.476 e. The topological polar surface area (TPSA) is 136 Å². The van der Waals surface area contributed by atoms with Gasteiger partial charge in [0.15, 0.2) is 11.2 Å². The fourth-order valence-corrected chi connectivity index (χ4v) is 4.36. The molecule has 2 saturated heterocycles. The van der Waals surface area contributed by atoms with Gasteiger partial charge in [-0.25, -0.2) is 20.6 Å². The molecule has 145 valence electrons. The van der Waals surface area contributed by atoms with E-state index in [2.05, 4.69) is 20.0 Å². The summed E-state index contributed by atoms with van der Waals surface area (Å²) >= 11 is 0. The van der Waals surface area contributed by atoms with Crippen LogP contribution >= 0.6 is 7.75 Å². The van der Waals surface area contributed by atoms with Crippen LogP contribution in [0.2, 0.25) is 0 Å². The maximum absolute atomic E-state index is 12.4. The summed E-state index contributed by atoms with van der Waals surface area (Å²) in [6.45, 7) is 4.31. The van der Waals surface area contributed by atoms with Crippen LogP contribution in [-0.4, -0.2) is 52.0 Å². The molecule has 0 bridgehead atoms. The van der Waals surface area contributed by atoms with E-state index >= 15 is 0 Å². The Morgan fingerprint density at radius 3 is 3.00 bits per heavy atom. The summed E-state index contributed by atoms with van der Waals surface area (Å²) in [5, 5.41) is 2.59. The quantitative estimate of drug-likeness (QED) is 0.491. The summed E-state index contributed by atoms with van der Waals surface area (Å²) in [5.41, 5.74) is 6.78. The Bertz CT molecular complexity index is 881. The summed E-state index contributed by atoms with van der Waals surface area (Å²) in [6, 6.07) is 0. The molecule has 27 heavy (non-hydrogen) atoms. The van der Waals surface area contributed by atoms with Crippen molar-refractivity contribution in [3.05, 3.63) is 12.2 Å². The molecule has 0 amide bonds. The molecule has 4 rings (SSSR count). The third-order valence-corrected chi connectivity index (χ3v) is 5.90. The van der Waals surface area contributed by atoms with E-state index in [0.29, 0.717) is 23.7 Å². The van der Waals surface area contributed by atoms with Crippen molar-refractivity contribution in [1.82, 2.24) is 24.6 Å². The molecule has 2 aromatic heterocycles. The molecule has 4 heterocycles. The minimum absolute atomic E-state index is 0. The van der Waals surface area contributed by atoms with Crippen molar-refractivity contribution in [1.29, 1.82) is 0 Å². The number of anilines is 1. The Kier molecular flexibility index (Phi) is 6.22. The molecular weight excluding hydrogens is 452 g/mol. The smallest absolute Gasteiger partial charge is 0.403 e. The summed E-state index contributed by atoms with van der Waals surface area (Å²) in [6.07, 6.45) is 0.241. The number of nitrogen functional groups attached to an aromatic ring is 1. The maximum atomic E-state index is 12.4. The molecule has 11 nitrogen and oxygen atoms in total. The van der Waals surface area contributed by atoms with Gasteiger partial charge in [0.05, 0.1) is 25.6 Å². The van der Waals surface area contributed by atoms with Crippen LogP contribution in [0, 0.1) is 5.92 Å².